The van der Waals surface area contributed by atoms with Crippen molar-refractivity contribution >= 4 is 12.1 Å². The summed E-state index contributed by atoms with van der Waals surface area (Å²) in [6, 6.07) is 0. The van der Waals surface area contributed by atoms with E-state index >= 15 is 0 Å². The van der Waals surface area contributed by atoms with Crippen LogP contribution in [0.3, 0.4) is 0 Å². The lowest BCUT2D eigenvalue weighted by molar-refractivity contribution is -0.274. The molecule has 0 saturated heterocycles. The molecule has 312 valence electrons. The maximum absolute atomic E-state index is 12.6. The molecule has 0 aromatic heterocycles. The maximum Gasteiger partial charge on any atom is 0.508 e. The monoisotopic (exact) mass is 756 g/mol. The standard InChI is InChI=1S/C43H81NO9/c1-6-9-12-15-16-17-18-19-20-21-22-23-24-25-28-31-40(45)51-36-39(38-53-43(47)50-35-32-44(4)5)37-52-41(46)42(48-33-29-26-13-10-7-2)49-34-30-27-14-11-8-3/h16-17,19-20,39,41-42,46H,6-15,18,21-38H2,1-5H3/b17-16-,20-19-. The van der Waals surface area contributed by atoms with E-state index in [1.165, 1.54) is 51.4 Å². The highest BCUT2D eigenvalue weighted by Crippen LogP contribution is 2.14. The Morgan fingerprint density at radius 3 is 1.68 bits per heavy atom. The van der Waals surface area contributed by atoms with E-state index in [9.17, 15) is 14.7 Å². The van der Waals surface area contributed by atoms with E-state index in [1.807, 2.05) is 19.0 Å². The van der Waals surface area contributed by atoms with Gasteiger partial charge in [0.25, 0.3) is 0 Å². The molecular weight excluding hydrogens is 674 g/mol. The molecule has 0 bridgehead atoms. The second-order valence-corrected chi connectivity index (χ2v) is 14.4. The van der Waals surface area contributed by atoms with Gasteiger partial charge in [-0.15, -0.1) is 0 Å². The molecule has 0 fully saturated rings. The summed E-state index contributed by atoms with van der Waals surface area (Å²) >= 11 is 0. The van der Waals surface area contributed by atoms with Gasteiger partial charge in [-0.3, -0.25) is 4.79 Å². The first-order valence-corrected chi connectivity index (χ1v) is 21.3. The zero-order chi connectivity index (χ0) is 39.0. The summed E-state index contributed by atoms with van der Waals surface area (Å²) in [4.78, 5) is 26.7. The third kappa shape index (κ3) is 36.8. The van der Waals surface area contributed by atoms with E-state index < -0.39 is 24.7 Å². The van der Waals surface area contributed by atoms with E-state index in [0.717, 1.165) is 83.5 Å². The van der Waals surface area contributed by atoms with Crippen LogP contribution in [0.5, 0.6) is 0 Å². The van der Waals surface area contributed by atoms with E-state index in [1.54, 1.807) is 0 Å². The molecule has 2 unspecified atom stereocenters. The number of rotatable bonds is 39. The van der Waals surface area contributed by atoms with E-state index in [2.05, 4.69) is 45.1 Å². The number of hydrogen-bond donors (Lipinski definition) is 1. The minimum atomic E-state index is -1.35. The molecule has 2 atom stereocenters. The van der Waals surface area contributed by atoms with Gasteiger partial charge in [0, 0.05) is 26.2 Å². The third-order valence-electron chi connectivity index (χ3n) is 8.80. The zero-order valence-electron chi connectivity index (χ0n) is 34.7. The molecule has 0 aliphatic carbocycles. The van der Waals surface area contributed by atoms with Crippen LogP contribution in [0.25, 0.3) is 0 Å². The number of nitrogens with zero attached hydrogens (tertiary/aromatic N) is 1. The topological polar surface area (TPSA) is 113 Å². The third-order valence-corrected chi connectivity index (χ3v) is 8.80. The predicted molar refractivity (Wildman–Crippen MR) is 215 cm³/mol. The fraction of sp³-hybridized carbons (Fsp3) is 0.860. The normalized spacial score (nSPS) is 13.1. The Kier molecular flexibility index (Phi) is 38.2. The van der Waals surface area contributed by atoms with Crippen molar-refractivity contribution in [1.29, 1.82) is 0 Å². The lowest BCUT2D eigenvalue weighted by Gasteiger charge is -2.25. The molecule has 0 heterocycles. The Bertz CT molecular complexity index is 851. The first-order valence-electron chi connectivity index (χ1n) is 21.3. The molecule has 0 aromatic rings. The molecule has 10 heteroatoms. The highest BCUT2D eigenvalue weighted by atomic mass is 16.7. The van der Waals surface area contributed by atoms with Crippen molar-refractivity contribution in [3.63, 3.8) is 0 Å². The van der Waals surface area contributed by atoms with Gasteiger partial charge in [0.15, 0.2) is 0 Å². The maximum atomic E-state index is 12.6. The number of aliphatic hydroxyl groups is 1. The summed E-state index contributed by atoms with van der Waals surface area (Å²) in [7, 11) is 3.77. The number of carbonyl (C=O) groups is 2. The van der Waals surface area contributed by atoms with Crippen LogP contribution in [-0.4, -0.2) is 95.0 Å². The lowest BCUT2D eigenvalue weighted by atomic mass is 10.1. The Morgan fingerprint density at radius 1 is 0.566 bits per heavy atom. The van der Waals surface area contributed by atoms with Gasteiger partial charge in [0.05, 0.1) is 19.1 Å². The first-order chi connectivity index (χ1) is 25.8. The summed E-state index contributed by atoms with van der Waals surface area (Å²) in [6.07, 6.45) is 29.4. The Balaban J connectivity index is 4.77. The van der Waals surface area contributed by atoms with Crippen molar-refractivity contribution in [2.45, 2.75) is 175 Å². The summed E-state index contributed by atoms with van der Waals surface area (Å²) in [5, 5.41) is 10.9. The zero-order valence-corrected chi connectivity index (χ0v) is 34.7. The average Bonchev–Trinajstić information content (AvgIpc) is 3.14. The van der Waals surface area contributed by atoms with Gasteiger partial charge in [-0.05, 0) is 65.5 Å². The fourth-order valence-electron chi connectivity index (χ4n) is 5.38. The van der Waals surface area contributed by atoms with Crippen molar-refractivity contribution in [3.8, 4) is 0 Å². The van der Waals surface area contributed by atoms with E-state index in [-0.39, 0.29) is 32.4 Å². The molecule has 1 N–H and O–H groups in total. The lowest BCUT2D eigenvalue weighted by Crippen LogP contribution is -2.37. The number of ether oxygens (including phenoxy) is 6. The second kappa shape index (κ2) is 39.7. The quantitative estimate of drug-likeness (QED) is 0.0281. The Hall–Kier alpha value is -1.98. The number of esters is 1. The van der Waals surface area contributed by atoms with Crippen molar-refractivity contribution in [3.05, 3.63) is 24.3 Å². The van der Waals surface area contributed by atoms with Gasteiger partial charge in [-0.2, -0.15) is 0 Å². The fourth-order valence-corrected chi connectivity index (χ4v) is 5.38. The molecule has 0 aliphatic rings. The first kappa shape index (κ1) is 51.0. The van der Waals surface area contributed by atoms with Crippen molar-refractivity contribution in [1.82, 2.24) is 4.90 Å². The van der Waals surface area contributed by atoms with Gasteiger partial charge in [-0.25, -0.2) is 4.79 Å². The summed E-state index contributed by atoms with van der Waals surface area (Å²) in [5.74, 6) is -0.811. The summed E-state index contributed by atoms with van der Waals surface area (Å²) in [5.41, 5.74) is 0. The minimum Gasteiger partial charge on any atom is -0.465 e. The number of aliphatic hydroxyl groups excluding tert-OH is 1. The number of hydrogen-bond acceptors (Lipinski definition) is 10. The smallest absolute Gasteiger partial charge is 0.465 e. The molecule has 0 spiro atoms. The average molecular weight is 756 g/mol. The van der Waals surface area contributed by atoms with Crippen LogP contribution in [0.2, 0.25) is 0 Å². The van der Waals surface area contributed by atoms with Gasteiger partial charge in [-0.1, -0.05) is 129 Å². The number of unbranched alkanes of at least 4 members (excludes halogenated alkanes) is 16. The highest BCUT2D eigenvalue weighted by molar-refractivity contribution is 5.69. The van der Waals surface area contributed by atoms with Crippen LogP contribution in [0.4, 0.5) is 4.79 Å². The molecule has 0 aliphatic heterocycles. The number of carbonyl (C=O) groups excluding carboxylic acids is 2. The molecule has 0 radical (unpaired) electrons. The molecule has 10 nitrogen and oxygen atoms in total. The van der Waals surface area contributed by atoms with Crippen LogP contribution >= 0.6 is 0 Å². The molecule has 0 saturated carbocycles. The van der Waals surface area contributed by atoms with Crippen LogP contribution in [0, 0.1) is 5.92 Å². The second-order valence-electron chi connectivity index (χ2n) is 14.4. The Labute approximate surface area is 324 Å². The van der Waals surface area contributed by atoms with Crippen LogP contribution in [0.1, 0.15) is 162 Å². The van der Waals surface area contributed by atoms with Crippen LogP contribution in [0.15, 0.2) is 24.3 Å². The largest absolute Gasteiger partial charge is 0.508 e. The van der Waals surface area contributed by atoms with E-state index in [4.69, 9.17) is 28.4 Å². The predicted octanol–water partition coefficient (Wildman–Crippen LogP) is 10.3. The van der Waals surface area contributed by atoms with Crippen LogP contribution < -0.4 is 0 Å². The molecular formula is C43H81NO9. The summed E-state index contributed by atoms with van der Waals surface area (Å²) in [6.45, 7) is 8.14. The molecule has 0 aromatic carbocycles. The number of allylic oxidation sites excluding steroid dienone is 4. The SMILES string of the molecule is CCCCC/C=C\C/C=C\CCCCCCCC(=O)OCC(COC(=O)OCCN(C)C)COC(O)C(OCCCCCCC)OCCCCCCC. The molecule has 0 amide bonds. The van der Waals surface area contributed by atoms with Crippen molar-refractivity contribution in [2.75, 3.05) is 60.3 Å². The van der Waals surface area contributed by atoms with Crippen molar-refractivity contribution in [2.24, 2.45) is 5.92 Å². The number of likely N-dealkylation sites (N-methyl/N-ethyl adjacent to an activating group) is 1. The molecule has 53 heavy (non-hydrogen) atoms. The highest BCUT2D eigenvalue weighted by Gasteiger charge is 2.24. The van der Waals surface area contributed by atoms with Gasteiger partial charge in [0.2, 0.25) is 12.6 Å². The van der Waals surface area contributed by atoms with Crippen LogP contribution in [-0.2, 0) is 33.2 Å². The van der Waals surface area contributed by atoms with Crippen molar-refractivity contribution < 1.29 is 43.1 Å². The van der Waals surface area contributed by atoms with Gasteiger partial charge in [0.1, 0.15) is 13.2 Å². The molecule has 0 rings (SSSR count). The van der Waals surface area contributed by atoms with Gasteiger partial charge >= 0.3 is 12.1 Å². The van der Waals surface area contributed by atoms with Gasteiger partial charge < -0.3 is 38.4 Å². The minimum absolute atomic E-state index is 0.0158. The summed E-state index contributed by atoms with van der Waals surface area (Å²) < 4.78 is 33.7. The Morgan fingerprint density at radius 2 is 1.08 bits per heavy atom. The van der Waals surface area contributed by atoms with E-state index in [0.29, 0.717) is 26.2 Å².